The predicted molar refractivity (Wildman–Crippen MR) is 163 cm³/mol. The maximum absolute atomic E-state index is 13.5. The fourth-order valence-electron chi connectivity index (χ4n) is 3.79. The number of methoxy groups -OCH3 is 2. The van der Waals surface area contributed by atoms with Gasteiger partial charge in [-0.15, -0.1) is 0 Å². The highest BCUT2D eigenvalue weighted by molar-refractivity contribution is 7.92. The number of halogens is 1. The molecule has 2 N–H and O–H groups in total. The van der Waals surface area contributed by atoms with Crippen LogP contribution in [0.4, 0.5) is 16.4 Å². The van der Waals surface area contributed by atoms with Crippen molar-refractivity contribution in [3.8, 4) is 28.9 Å². The Kier molecular flexibility index (Phi) is 10.6. The van der Waals surface area contributed by atoms with Gasteiger partial charge in [-0.2, -0.15) is 4.98 Å². The summed E-state index contributed by atoms with van der Waals surface area (Å²) >= 11 is 6.36. The Morgan fingerprint density at radius 2 is 1.77 bits per heavy atom. The summed E-state index contributed by atoms with van der Waals surface area (Å²) in [6.07, 6.45) is 1.87. The number of hydrogen-bond donors (Lipinski definition) is 2. The number of carbonyl (C=O) groups is 1. The van der Waals surface area contributed by atoms with Gasteiger partial charge in [0.05, 0.1) is 24.1 Å². The van der Waals surface area contributed by atoms with Crippen LogP contribution in [0.1, 0.15) is 25.3 Å². The monoisotopic (exact) mass is 643 g/mol. The maximum atomic E-state index is 13.5. The van der Waals surface area contributed by atoms with Gasteiger partial charge in [0, 0.05) is 12.3 Å². The molecule has 2 aromatic heterocycles. The molecule has 0 saturated carbocycles. The van der Waals surface area contributed by atoms with Crippen LogP contribution in [0.2, 0.25) is 5.02 Å². The number of anilines is 2. The van der Waals surface area contributed by atoms with Crippen molar-refractivity contribution < 1.29 is 36.9 Å². The zero-order chi connectivity index (χ0) is 31.7. The lowest BCUT2D eigenvalue weighted by atomic mass is 10.0. The molecule has 13 nitrogen and oxygen atoms in total. The number of aromatic nitrogens is 3. The summed E-state index contributed by atoms with van der Waals surface area (Å²) in [4.78, 5) is 24.3. The fourth-order valence-corrected chi connectivity index (χ4v) is 4.99. The molecular weight excluding hydrogens is 614 g/mol. The van der Waals surface area contributed by atoms with E-state index in [1.165, 1.54) is 38.6 Å². The topological polar surface area (TPSA) is 160 Å². The summed E-state index contributed by atoms with van der Waals surface area (Å²) in [5.74, 6) is 0.829. The van der Waals surface area contributed by atoms with Gasteiger partial charge in [0.25, 0.3) is 15.9 Å². The van der Waals surface area contributed by atoms with Gasteiger partial charge in [0.1, 0.15) is 42.6 Å². The number of nitrogens with zero attached hydrogens (tertiary/aromatic N) is 3. The molecule has 0 atom stereocenters. The van der Waals surface area contributed by atoms with E-state index >= 15 is 0 Å². The average molecular weight is 644 g/mol. The number of nitrogens with one attached hydrogen (secondary N) is 2. The number of rotatable bonds is 13. The van der Waals surface area contributed by atoms with Crippen LogP contribution in [0.5, 0.6) is 28.9 Å². The standard InChI is InChI=1S/C29H30ClN5O8S/c1-18(2)21-16-20(9-11-23(21)40-4)44(37,38)35-27-26(43-24-15-19(39-3)8-10-22(24)30)28(33-17-32-27)41-13-14-42-29(36)34-25-7-5-6-12-31-25/h5-12,15-18H,13-14H2,1-4H3,(H,31,34,36)(H,32,33,35). The van der Waals surface area contributed by atoms with Crippen LogP contribution < -0.4 is 29.0 Å². The highest BCUT2D eigenvalue weighted by Gasteiger charge is 2.24. The number of benzene rings is 2. The molecule has 232 valence electrons. The highest BCUT2D eigenvalue weighted by atomic mass is 35.5. The van der Waals surface area contributed by atoms with Crippen molar-refractivity contribution >= 4 is 39.4 Å². The average Bonchev–Trinajstić information content (AvgIpc) is 3.01. The maximum Gasteiger partial charge on any atom is 0.412 e. The predicted octanol–water partition coefficient (Wildman–Crippen LogP) is 5.89. The lowest BCUT2D eigenvalue weighted by Gasteiger charge is -2.17. The second kappa shape index (κ2) is 14.6. The van der Waals surface area contributed by atoms with Crippen LogP contribution in [0.25, 0.3) is 0 Å². The van der Waals surface area contributed by atoms with Gasteiger partial charge in [0.15, 0.2) is 5.82 Å². The first-order valence-corrected chi connectivity index (χ1v) is 15.0. The molecule has 0 fully saturated rings. The first-order valence-electron chi connectivity index (χ1n) is 13.2. The fraction of sp³-hybridized carbons (Fsp3) is 0.241. The van der Waals surface area contributed by atoms with Crippen molar-refractivity contribution in [1.82, 2.24) is 15.0 Å². The molecular formula is C29H30ClN5O8S. The second-order valence-electron chi connectivity index (χ2n) is 9.24. The molecule has 2 aromatic carbocycles. The lowest BCUT2D eigenvalue weighted by Crippen LogP contribution is -2.19. The van der Waals surface area contributed by atoms with E-state index < -0.39 is 16.1 Å². The largest absolute Gasteiger partial charge is 0.497 e. The van der Waals surface area contributed by atoms with Crippen LogP contribution in [-0.2, 0) is 14.8 Å². The zero-order valence-corrected chi connectivity index (χ0v) is 25.8. The molecule has 0 unspecified atom stereocenters. The van der Waals surface area contributed by atoms with Crippen LogP contribution in [0.3, 0.4) is 0 Å². The Morgan fingerprint density at radius 3 is 2.48 bits per heavy atom. The van der Waals surface area contributed by atoms with Crippen molar-refractivity contribution in [2.75, 3.05) is 37.5 Å². The molecule has 0 aliphatic heterocycles. The Morgan fingerprint density at radius 1 is 0.955 bits per heavy atom. The molecule has 2 heterocycles. The minimum Gasteiger partial charge on any atom is -0.497 e. The van der Waals surface area contributed by atoms with Crippen LogP contribution in [0.15, 0.2) is 72.0 Å². The smallest absolute Gasteiger partial charge is 0.412 e. The lowest BCUT2D eigenvalue weighted by molar-refractivity contribution is 0.135. The van der Waals surface area contributed by atoms with Gasteiger partial charge < -0.3 is 23.7 Å². The second-order valence-corrected chi connectivity index (χ2v) is 11.3. The number of carbonyl (C=O) groups excluding carboxylic acids is 1. The zero-order valence-electron chi connectivity index (χ0n) is 24.2. The molecule has 44 heavy (non-hydrogen) atoms. The number of sulfonamides is 1. The quantitative estimate of drug-likeness (QED) is 0.167. The van der Waals surface area contributed by atoms with Gasteiger partial charge in [-0.25, -0.2) is 23.2 Å². The Balaban J connectivity index is 1.60. The van der Waals surface area contributed by atoms with Crippen molar-refractivity contribution in [2.24, 2.45) is 0 Å². The molecule has 0 aliphatic carbocycles. The van der Waals surface area contributed by atoms with Gasteiger partial charge in [-0.05, 0) is 53.9 Å². The number of amides is 1. The van der Waals surface area contributed by atoms with E-state index in [-0.39, 0.29) is 52.2 Å². The van der Waals surface area contributed by atoms with E-state index in [4.69, 9.17) is 35.3 Å². The summed E-state index contributed by atoms with van der Waals surface area (Å²) in [6.45, 7) is 3.49. The van der Waals surface area contributed by atoms with Crippen molar-refractivity contribution in [3.05, 3.63) is 77.7 Å². The number of hydrogen-bond acceptors (Lipinski definition) is 11. The van der Waals surface area contributed by atoms with Gasteiger partial charge in [-0.1, -0.05) is 31.5 Å². The molecule has 4 aromatic rings. The third-order valence-corrected chi connectivity index (χ3v) is 7.59. The third-order valence-electron chi connectivity index (χ3n) is 5.94. The first-order chi connectivity index (χ1) is 21.1. The number of pyridine rings is 1. The molecule has 15 heteroatoms. The van der Waals surface area contributed by atoms with E-state index in [1.807, 2.05) is 13.8 Å². The first kappa shape index (κ1) is 32.1. The van der Waals surface area contributed by atoms with E-state index in [0.29, 0.717) is 22.9 Å². The van der Waals surface area contributed by atoms with Crippen LogP contribution in [-0.4, -0.2) is 56.9 Å². The Labute approximate surface area is 259 Å². The van der Waals surface area contributed by atoms with E-state index in [9.17, 15) is 13.2 Å². The number of ether oxygens (including phenoxy) is 5. The normalized spacial score (nSPS) is 11.0. The molecule has 0 bridgehead atoms. The van der Waals surface area contributed by atoms with Gasteiger partial charge in [0.2, 0.25) is 5.75 Å². The van der Waals surface area contributed by atoms with Crippen LogP contribution in [0, 0.1) is 0 Å². The van der Waals surface area contributed by atoms with Gasteiger partial charge in [-0.3, -0.25) is 10.0 Å². The van der Waals surface area contributed by atoms with E-state index in [0.717, 1.165) is 6.33 Å². The van der Waals surface area contributed by atoms with E-state index in [1.54, 1.807) is 36.4 Å². The highest BCUT2D eigenvalue weighted by Crippen LogP contribution is 2.40. The molecule has 0 spiro atoms. The minimum absolute atomic E-state index is 0.0125. The molecule has 1 amide bonds. The Hall–Kier alpha value is -4.82. The minimum atomic E-state index is -4.19. The molecule has 0 aliphatic rings. The molecule has 0 saturated heterocycles. The Bertz CT molecular complexity index is 1710. The van der Waals surface area contributed by atoms with Crippen LogP contribution >= 0.6 is 11.6 Å². The van der Waals surface area contributed by atoms with Gasteiger partial charge >= 0.3 is 6.09 Å². The molecule has 0 radical (unpaired) electrons. The van der Waals surface area contributed by atoms with Crippen molar-refractivity contribution in [1.29, 1.82) is 0 Å². The summed E-state index contributed by atoms with van der Waals surface area (Å²) in [5.41, 5.74) is 0.703. The molecule has 4 rings (SSSR count). The summed E-state index contributed by atoms with van der Waals surface area (Å²) < 4.78 is 57.0. The van der Waals surface area contributed by atoms with Crippen molar-refractivity contribution in [2.45, 2.75) is 24.7 Å². The SMILES string of the molecule is COc1ccc(Cl)c(Oc2c(NS(=O)(=O)c3ccc(OC)c(C(C)C)c3)ncnc2OCCOC(=O)Nc2ccccn2)c1. The third kappa shape index (κ3) is 8.17. The van der Waals surface area contributed by atoms with Crippen molar-refractivity contribution in [3.63, 3.8) is 0 Å². The van der Waals surface area contributed by atoms with E-state index in [2.05, 4.69) is 25.0 Å². The summed E-state index contributed by atoms with van der Waals surface area (Å²) in [5, 5.41) is 2.68. The summed E-state index contributed by atoms with van der Waals surface area (Å²) in [7, 11) is -1.20. The summed E-state index contributed by atoms with van der Waals surface area (Å²) in [6, 6.07) is 14.2.